The third-order valence-electron chi connectivity index (χ3n) is 4.77. The highest BCUT2D eigenvalue weighted by Crippen LogP contribution is 2.23. The fourth-order valence-corrected chi connectivity index (χ4v) is 3.43. The van der Waals surface area contributed by atoms with Crippen molar-refractivity contribution in [2.45, 2.75) is 39.2 Å². The molecule has 0 saturated carbocycles. The number of aryl methyl sites for hydroxylation is 2. The Kier molecular flexibility index (Phi) is 5.03. The van der Waals surface area contributed by atoms with E-state index >= 15 is 0 Å². The number of anilines is 1. The number of piperidine rings is 1. The maximum atomic E-state index is 12.4. The average molecular weight is 337 g/mol. The number of H-pyrrole nitrogens is 1. The number of nitrogens with zero attached hydrogens (tertiary/aromatic N) is 3. The van der Waals surface area contributed by atoms with Crippen LogP contribution in [0.4, 0.5) is 5.69 Å². The van der Waals surface area contributed by atoms with Crippen LogP contribution in [0.1, 0.15) is 35.4 Å². The van der Waals surface area contributed by atoms with Gasteiger partial charge in [0.1, 0.15) is 6.07 Å². The second kappa shape index (κ2) is 7.39. The molecule has 2 N–H and O–H groups in total. The van der Waals surface area contributed by atoms with Gasteiger partial charge in [0.15, 0.2) is 0 Å². The predicted molar refractivity (Wildman–Crippen MR) is 96.3 cm³/mol. The lowest BCUT2D eigenvalue weighted by Gasteiger charge is -2.35. The van der Waals surface area contributed by atoms with Gasteiger partial charge in [0.2, 0.25) is 5.91 Å². The topological polar surface area (TPSA) is 84.8 Å². The van der Waals surface area contributed by atoms with E-state index in [9.17, 15) is 10.1 Å². The van der Waals surface area contributed by atoms with E-state index in [1.807, 2.05) is 38.1 Å². The second-order valence-electron chi connectivity index (χ2n) is 6.57. The number of carbonyl (C=O) groups is 1. The molecular weight excluding hydrogens is 314 g/mol. The van der Waals surface area contributed by atoms with E-state index in [4.69, 9.17) is 0 Å². The zero-order valence-electron chi connectivity index (χ0n) is 14.7. The van der Waals surface area contributed by atoms with Gasteiger partial charge in [-0.3, -0.25) is 9.89 Å². The summed E-state index contributed by atoms with van der Waals surface area (Å²) in [5.74, 6) is 0.0213. The third-order valence-corrected chi connectivity index (χ3v) is 4.77. The number of rotatable bonds is 4. The van der Waals surface area contributed by atoms with Crippen LogP contribution in [0, 0.1) is 25.2 Å². The molecule has 1 atom stereocenters. The SMILES string of the molecule is Cc1n[nH]c(C)c1CC(=O)NC1CCCN(c2ccccc2C#N)C1. The smallest absolute Gasteiger partial charge is 0.224 e. The molecule has 1 amide bonds. The minimum Gasteiger partial charge on any atom is -0.368 e. The number of hydrogen-bond donors (Lipinski definition) is 2. The summed E-state index contributed by atoms with van der Waals surface area (Å²) in [7, 11) is 0. The highest BCUT2D eigenvalue weighted by molar-refractivity contribution is 5.79. The van der Waals surface area contributed by atoms with Crippen molar-refractivity contribution in [2.24, 2.45) is 0 Å². The summed E-state index contributed by atoms with van der Waals surface area (Å²) in [6, 6.07) is 9.98. The number of carbonyl (C=O) groups excluding carboxylic acids is 1. The van der Waals surface area contributed by atoms with E-state index < -0.39 is 0 Å². The standard InChI is InChI=1S/C19H23N5O/c1-13-17(14(2)23-22-13)10-19(25)21-16-7-5-9-24(12-16)18-8-4-3-6-15(18)11-20/h3-4,6,8,16H,5,7,9-10,12H2,1-2H3,(H,21,25)(H,22,23). The molecule has 6 nitrogen and oxygen atoms in total. The molecule has 1 aromatic carbocycles. The van der Waals surface area contributed by atoms with Gasteiger partial charge in [-0.05, 0) is 38.8 Å². The van der Waals surface area contributed by atoms with Crippen LogP contribution in [-0.4, -0.2) is 35.2 Å². The van der Waals surface area contributed by atoms with E-state index in [1.54, 1.807) is 0 Å². The minimum absolute atomic E-state index is 0.0213. The lowest BCUT2D eigenvalue weighted by molar-refractivity contribution is -0.121. The van der Waals surface area contributed by atoms with Crippen molar-refractivity contribution in [3.8, 4) is 6.07 Å². The van der Waals surface area contributed by atoms with E-state index in [0.717, 1.165) is 48.6 Å². The molecule has 2 aromatic rings. The molecule has 1 aromatic heterocycles. The Morgan fingerprint density at radius 2 is 2.24 bits per heavy atom. The van der Waals surface area contributed by atoms with Gasteiger partial charge >= 0.3 is 0 Å². The molecule has 25 heavy (non-hydrogen) atoms. The molecule has 2 heterocycles. The van der Waals surface area contributed by atoms with Gasteiger partial charge in [0.25, 0.3) is 0 Å². The van der Waals surface area contributed by atoms with Gasteiger partial charge in [-0.1, -0.05) is 12.1 Å². The Hall–Kier alpha value is -2.81. The van der Waals surface area contributed by atoms with E-state index in [-0.39, 0.29) is 11.9 Å². The maximum absolute atomic E-state index is 12.4. The first kappa shape index (κ1) is 17.0. The summed E-state index contributed by atoms with van der Waals surface area (Å²) in [6.07, 6.45) is 2.30. The first-order chi connectivity index (χ1) is 12.1. The van der Waals surface area contributed by atoms with Crippen LogP contribution in [0.5, 0.6) is 0 Å². The van der Waals surface area contributed by atoms with Crippen molar-refractivity contribution in [3.05, 3.63) is 46.8 Å². The molecule has 1 fully saturated rings. The first-order valence-corrected chi connectivity index (χ1v) is 8.62. The van der Waals surface area contributed by atoms with Gasteiger partial charge in [0, 0.05) is 30.4 Å². The van der Waals surface area contributed by atoms with Gasteiger partial charge in [-0.2, -0.15) is 10.4 Å². The van der Waals surface area contributed by atoms with Crippen molar-refractivity contribution in [3.63, 3.8) is 0 Å². The Balaban J connectivity index is 1.64. The van der Waals surface area contributed by atoms with Crippen LogP contribution in [-0.2, 0) is 11.2 Å². The molecule has 1 aliphatic rings. The number of nitrogens with one attached hydrogen (secondary N) is 2. The number of amides is 1. The Morgan fingerprint density at radius 1 is 1.44 bits per heavy atom. The number of hydrogen-bond acceptors (Lipinski definition) is 4. The van der Waals surface area contributed by atoms with Gasteiger partial charge < -0.3 is 10.2 Å². The van der Waals surface area contributed by atoms with Crippen LogP contribution in [0.25, 0.3) is 0 Å². The quantitative estimate of drug-likeness (QED) is 0.896. The molecule has 1 saturated heterocycles. The fourth-order valence-electron chi connectivity index (χ4n) is 3.43. The summed E-state index contributed by atoms with van der Waals surface area (Å²) >= 11 is 0. The van der Waals surface area contributed by atoms with Crippen molar-refractivity contribution < 1.29 is 4.79 Å². The van der Waals surface area contributed by atoms with E-state index in [0.29, 0.717) is 12.0 Å². The monoisotopic (exact) mass is 337 g/mol. The normalized spacial score (nSPS) is 17.2. The van der Waals surface area contributed by atoms with Gasteiger partial charge in [-0.15, -0.1) is 0 Å². The van der Waals surface area contributed by atoms with Gasteiger partial charge in [-0.25, -0.2) is 0 Å². The van der Waals surface area contributed by atoms with Crippen molar-refractivity contribution in [1.29, 1.82) is 5.26 Å². The molecule has 130 valence electrons. The van der Waals surface area contributed by atoms with E-state index in [2.05, 4.69) is 26.5 Å². The van der Waals surface area contributed by atoms with Crippen molar-refractivity contribution in [1.82, 2.24) is 15.5 Å². The van der Waals surface area contributed by atoms with Crippen LogP contribution in [0.15, 0.2) is 24.3 Å². The molecular formula is C19H23N5O. The lowest BCUT2D eigenvalue weighted by atomic mass is 10.0. The molecule has 0 radical (unpaired) electrons. The summed E-state index contributed by atoms with van der Waals surface area (Å²) in [5.41, 5.74) is 4.42. The minimum atomic E-state index is 0.0213. The Morgan fingerprint density at radius 3 is 2.96 bits per heavy atom. The highest BCUT2D eigenvalue weighted by atomic mass is 16.1. The fraction of sp³-hybridized carbons (Fsp3) is 0.421. The molecule has 0 aliphatic carbocycles. The van der Waals surface area contributed by atoms with Crippen molar-refractivity contribution in [2.75, 3.05) is 18.0 Å². The van der Waals surface area contributed by atoms with Crippen LogP contribution >= 0.6 is 0 Å². The first-order valence-electron chi connectivity index (χ1n) is 8.62. The Labute approximate surface area is 147 Å². The molecule has 1 aliphatic heterocycles. The zero-order valence-corrected chi connectivity index (χ0v) is 14.7. The molecule has 0 bridgehead atoms. The van der Waals surface area contributed by atoms with Gasteiger partial charge in [0.05, 0.1) is 23.4 Å². The van der Waals surface area contributed by atoms with Crippen molar-refractivity contribution >= 4 is 11.6 Å². The molecule has 1 unspecified atom stereocenters. The van der Waals surface area contributed by atoms with Crippen LogP contribution in [0.3, 0.4) is 0 Å². The number of para-hydroxylation sites is 1. The summed E-state index contributed by atoms with van der Waals surface area (Å²) < 4.78 is 0. The average Bonchev–Trinajstić information content (AvgIpc) is 2.94. The summed E-state index contributed by atoms with van der Waals surface area (Å²) in [5, 5.41) is 19.5. The number of nitriles is 1. The highest BCUT2D eigenvalue weighted by Gasteiger charge is 2.23. The third kappa shape index (κ3) is 3.82. The maximum Gasteiger partial charge on any atom is 0.224 e. The molecule has 0 spiro atoms. The predicted octanol–water partition coefficient (Wildman–Crippen LogP) is 2.23. The number of aromatic amines is 1. The number of aromatic nitrogens is 2. The largest absolute Gasteiger partial charge is 0.368 e. The second-order valence-corrected chi connectivity index (χ2v) is 6.57. The van der Waals surface area contributed by atoms with Crippen LogP contribution < -0.4 is 10.2 Å². The molecule has 6 heteroatoms. The summed E-state index contributed by atoms with van der Waals surface area (Å²) in [6.45, 7) is 5.48. The number of benzene rings is 1. The van der Waals surface area contributed by atoms with Crippen LogP contribution in [0.2, 0.25) is 0 Å². The zero-order chi connectivity index (χ0) is 17.8. The molecule has 3 rings (SSSR count). The van der Waals surface area contributed by atoms with E-state index in [1.165, 1.54) is 0 Å². The Bertz CT molecular complexity index is 785. The lowest BCUT2D eigenvalue weighted by Crippen LogP contribution is -2.48. The summed E-state index contributed by atoms with van der Waals surface area (Å²) in [4.78, 5) is 14.6.